The van der Waals surface area contributed by atoms with Gasteiger partial charge in [-0.2, -0.15) is 4.31 Å². The number of carbonyl (C=O) groups is 1. The van der Waals surface area contributed by atoms with E-state index in [-0.39, 0.29) is 25.8 Å². The van der Waals surface area contributed by atoms with Gasteiger partial charge in [0.15, 0.2) is 11.5 Å². The molecule has 2 aromatic carbocycles. The van der Waals surface area contributed by atoms with E-state index in [2.05, 4.69) is 0 Å². The minimum atomic E-state index is -3.58. The van der Waals surface area contributed by atoms with Crippen molar-refractivity contribution in [1.82, 2.24) is 4.31 Å². The number of carbonyl (C=O) groups excluding carboxylic acids is 1. The number of benzene rings is 2. The monoisotopic (exact) mass is 390 g/mol. The van der Waals surface area contributed by atoms with E-state index in [0.29, 0.717) is 18.0 Å². The predicted octanol–water partition coefficient (Wildman–Crippen LogP) is 2.23. The van der Waals surface area contributed by atoms with Crippen LogP contribution in [0.3, 0.4) is 0 Å². The first kappa shape index (κ1) is 19.2. The summed E-state index contributed by atoms with van der Waals surface area (Å²) in [5, 5.41) is 0. The lowest BCUT2D eigenvalue weighted by Gasteiger charge is -2.25. The Morgan fingerprint density at radius 1 is 1.07 bits per heavy atom. The highest BCUT2D eigenvalue weighted by molar-refractivity contribution is 7.88. The van der Waals surface area contributed by atoms with Crippen LogP contribution in [0.25, 0.3) is 0 Å². The predicted molar refractivity (Wildman–Crippen MR) is 102 cm³/mol. The van der Waals surface area contributed by atoms with Crippen LogP contribution in [0.4, 0.5) is 5.69 Å². The largest absolute Gasteiger partial charge is 0.454 e. The Labute approximate surface area is 159 Å². The number of fused-ring (bicyclic) bond motifs is 1. The molecule has 27 heavy (non-hydrogen) atoms. The number of rotatable bonds is 7. The van der Waals surface area contributed by atoms with E-state index in [1.807, 2.05) is 37.3 Å². The van der Waals surface area contributed by atoms with Gasteiger partial charge in [0.1, 0.15) is 0 Å². The molecule has 0 N–H and O–H groups in total. The zero-order valence-electron chi connectivity index (χ0n) is 15.3. The SMILES string of the molecule is CCN(C(=O)CN(Cc1ccc2c(c1)OCO2)S(C)(=O)=O)c1ccccc1. The standard InChI is InChI=1S/C19H22N2O5S/c1-3-21(16-7-5-4-6-8-16)19(22)13-20(27(2,23)24)12-15-9-10-17-18(11-15)26-14-25-17/h4-11H,3,12-14H2,1-2H3. The van der Waals surface area contributed by atoms with E-state index < -0.39 is 10.0 Å². The summed E-state index contributed by atoms with van der Waals surface area (Å²) in [5.41, 5.74) is 1.46. The highest BCUT2D eigenvalue weighted by atomic mass is 32.2. The lowest BCUT2D eigenvalue weighted by atomic mass is 10.2. The summed E-state index contributed by atoms with van der Waals surface area (Å²) in [5.74, 6) is 0.920. The van der Waals surface area contributed by atoms with Crippen LogP contribution in [-0.2, 0) is 21.4 Å². The number of ether oxygens (including phenoxy) is 2. The van der Waals surface area contributed by atoms with Crippen molar-refractivity contribution in [2.24, 2.45) is 0 Å². The number of hydrogen-bond acceptors (Lipinski definition) is 5. The molecule has 0 bridgehead atoms. The fraction of sp³-hybridized carbons (Fsp3) is 0.316. The Morgan fingerprint density at radius 2 is 1.78 bits per heavy atom. The smallest absolute Gasteiger partial charge is 0.242 e. The van der Waals surface area contributed by atoms with Crippen molar-refractivity contribution in [3.05, 3.63) is 54.1 Å². The fourth-order valence-corrected chi connectivity index (χ4v) is 3.61. The third-order valence-corrected chi connectivity index (χ3v) is 5.46. The molecule has 1 aliphatic heterocycles. The van der Waals surface area contributed by atoms with Crippen molar-refractivity contribution in [1.29, 1.82) is 0 Å². The first-order valence-corrected chi connectivity index (χ1v) is 10.4. The number of likely N-dealkylation sites (N-methyl/N-ethyl adjacent to an activating group) is 1. The third kappa shape index (κ3) is 4.58. The normalized spacial score (nSPS) is 13.0. The Bertz CT molecular complexity index is 915. The second kappa shape index (κ2) is 7.98. The Morgan fingerprint density at radius 3 is 2.44 bits per heavy atom. The number of amides is 1. The fourth-order valence-electron chi connectivity index (χ4n) is 2.88. The molecule has 0 radical (unpaired) electrons. The molecule has 144 valence electrons. The summed E-state index contributed by atoms with van der Waals surface area (Å²) in [6.45, 7) is 2.29. The second-order valence-electron chi connectivity index (χ2n) is 6.19. The highest BCUT2D eigenvalue weighted by Crippen LogP contribution is 2.33. The average molecular weight is 390 g/mol. The zero-order chi connectivity index (χ0) is 19.4. The number of hydrogen-bond donors (Lipinski definition) is 0. The molecular weight excluding hydrogens is 368 g/mol. The molecule has 1 aliphatic rings. The molecule has 0 unspecified atom stereocenters. The van der Waals surface area contributed by atoms with Crippen molar-refractivity contribution in [3.63, 3.8) is 0 Å². The van der Waals surface area contributed by atoms with Crippen molar-refractivity contribution in [2.45, 2.75) is 13.5 Å². The summed E-state index contributed by atoms with van der Waals surface area (Å²) >= 11 is 0. The number of sulfonamides is 1. The summed E-state index contributed by atoms with van der Waals surface area (Å²) in [6.07, 6.45) is 1.10. The summed E-state index contributed by atoms with van der Waals surface area (Å²) in [4.78, 5) is 14.4. The van der Waals surface area contributed by atoms with Gasteiger partial charge in [-0.25, -0.2) is 8.42 Å². The first-order chi connectivity index (χ1) is 12.9. The molecule has 3 rings (SSSR count). The van der Waals surface area contributed by atoms with Gasteiger partial charge in [0, 0.05) is 18.8 Å². The van der Waals surface area contributed by atoms with Gasteiger partial charge in [0.25, 0.3) is 0 Å². The molecule has 2 aromatic rings. The van der Waals surface area contributed by atoms with Crippen LogP contribution in [-0.4, -0.2) is 44.8 Å². The van der Waals surface area contributed by atoms with Crippen molar-refractivity contribution in [2.75, 3.05) is 31.0 Å². The second-order valence-corrected chi connectivity index (χ2v) is 8.17. The molecule has 7 nitrogen and oxygen atoms in total. The molecule has 8 heteroatoms. The van der Waals surface area contributed by atoms with Gasteiger partial charge < -0.3 is 14.4 Å². The molecule has 0 saturated heterocycles. The average Bonchev–Trinajstić information content (AvgIpc) is 3.10. The molecular formula is C19H22N2O5S. The number of para-hydroxylation sites is 1. The van der Waals surface area contributed by atoms with Crippen LogP contribution in [0, 0.1) is 0 Å². The third-order valence-electron chi connectivity index (χ3n) is 4.26. The molecule has 1 amide bonds. The van der Waals surface area contributed by atoms with Crippen molar-refractivity contribution < 1.29 is 22.7 Å². The zero-order valence-corrected chi connectivity index (χ0v) is 16.1. The van der Waals surface area contributed by atoms with Crippen LogP contribution in [0.5, 0.6) is 11.5 Å². The Kier molecular flexibility index (Phi) is 5.67. The van der Waals surface area contributed by atoms with Crippen LogP contribution in [0.2, 0.25) is 0 Å². The quantitative estimate of drug-likeness (QED) is 0.725. The highest BCUT2D eigenvalue weighted by Gasteiger charge is 2.25. The molecule has 0 saturated carbocycles. The summed E-state index contributed by atoms with van der Waals surface area (Å²) < 4.78 is 36.3. The molecule has 0 fully saturated rings. The van der Waals surface area contributed by atoms with Gasteiger partial charge in [0.2, 0.25) is 22.7 Å². The lowest BCUT2D eigenvalue weighted by molar-refractivity contribution is -0.118. The molecule has 0 spiro atoms. The van der Waals surface area contributed by atoms with Gasteiger partial charge in [-0.3, -0.25) is 4.79 Å². The minimum absolute atomic E-state index is 0.0769. The van der Waals surface area contributed by atoms with E-state index in [1.54, 1.807) is 23.1 Å². The van der Waals surface area contributed by atoms with Crippen molar-refractivity contribution in [3.8, 4) is 11.5 Å². The molecule has 1 heterocycles. The minimum Gasteiger partial charge on any atom is -0.454 e. The van der Waals surface area contributed by atoms with E-state index in [0.717, 1.165) is 17.5 Å². The van der Waals surface area contributed by atoms with E-state index in [9.17, 15) is 13.2 Å². The van der Waals surface area contributed by atoms with Crippen LogP contribution in [0.15, 0.2) is 48.5 Å². The number of nitrogens with zero attached hydrogens (tertiary/aromatic N) is 2. The Hall–Kier alpha value is -2.58. The van der Waals surface area contributed by atoms with Gasteiger partial charge >= 0.3 is 0 Å². The maximum absolute atomic E-state index is 12.8. The summed E-state index contributed by atoms with van der Waals surface area (Å²) in [7, 11) is -3.58. The topological polar surface area (TPSA) is 76.2 Å². The summed E-state index contributed by atoms with van der Waals surface area (Å²) in [6, 6.07) is 14.4. The van der Waals surface area contributed by atoms with E-state index in [1.165, 1.54) is 4.31 Å². The van der Waals surface area contributed by atoms with Crippen LogP contribution in [0.1, 0.15) is 12.5 Å². The van der Waals surface area contributed by atoms with Gasteiger partial charge in [-0.1, -0.05) is 24.3 Å². The lowest BCUT2D eigenvalue weighted by Crippen LogP contribution is -2.42. The first-order valence-electron chi connectivity index (χ1n) is 8.57. The molecule has 0 atom stereocenters. The maximum Gasteiger partial charge on any atom is 0.242 e. The van der Waals surface area contributed by atoms with Crippen LogP contribution < -0.4 is 14.4 Å². The van der Waals surface area contributed by atoms with Crippen molar-refractivity contribution >= 4 is 21.6 Å². The maximum atomic E-state index is 12.8. The van der Waals surface area contributed by atoms with E-state index >= 15 is 0 Å². The Balaban J connectivity index is 1.78. The van der Waals surface area contributed by atoms with Gasteiger partial charge in [-0.15, -0.1) is 0 Å². The molecule has 0 aliphatic carbocycles. The van der Waals surface area contributed by atoms with Gasteiger partial charge in [0.05, 0.1) is 12.8 Å². The van der Waals surface area contributed by atoms with Gasteiger partial charge in [-0.05, 0) is 36.8 Å². The number of anilines is 1. The van der Waals surface area contributed by atoms with E-state index in [4.69, 9.17) is 9.47 Å². The van der Waals surface area contributed by atoms with Crippen LogP contribution >= 0.6 is 0 Å². The molecule has 0 aromatic heterocycles.